The summed E-state index contributed by atoms with van der Waals surface area (Å²) in [6, 6.07) is 5.40. The number of rotatable bonds is 3. The standard InChI is InChI=1S/C14H16N4O/c1-9-4-5-12(10(2)17-9)18-14(19)11-6-7-16-8-13(11)15-3/h4-8,15H,1-3H3,(H,18,19). The van der Waals surface area contributed by atoms with Crippen LogP contribution in [0.5, 0.6) is 0 Å². The molecule has 5 heteroatoms. The van der Waals surface area contributed by atoms with Crippen molar-refractivity contribution in [2.45, 2.75) is 13.8 Å². The van der Waals surface area contributed by atoms with Crippen LogP contribution in [0.15, 0.2) is 30.6 Å². The molecule has 19 heavy (non-hydrogen) atoms. The first-order chi connectivity index (χ1) is 9.11. The Kier molecular flexibility index (Phi) is 3.75. The van der Waals surface area contributed by atoms with Gasteiger partial charge < -0.3 is 10.6 Å². The second-order valence-corrected chi connectivity index (χ2v) is 4.21. The van der Waals surface area contributed by atoms with Crippen molar-refractivity contribution in [2.75, 3.05) is 17.7 Å². The number of amides is 1. The summed E-state index contributed by atoms with van der Waals surface area (Å²) >= 11 is 0. The van der Waals surface area contributed by atoms with E-state index < -0.39 is 0 Å². The predicted molar refractivity (Wildman–Crippen MR) is 75.4 cm³/mol. The quantitative estimate of drug-likeness (QED) is 0.884. The molecule has 1 amide bonds. The molecule has 5 nitrogen and oxygen atoms in total. The van der Waals surface area contributed by atoms with E-state index in [0.717, 1.165) is 17.1 Å². The minimum absolute atomic E-state index is 0.180. The number of nitrogens with zero attached hydrogens (tertiary/aromatic N) is 2. The number of anilines is 2. The molecule has 2 rings (SSSR count). The second-order valence-electron chi connectivity index (χ2n) is 4.21. The number of hydrogen-bond donors (Lipinski definition) is 2. The number of nitrogens with one attached hydrogen (secondary N) is 2. The van der Waals surface area contributed by atoms with Crippen LogP contribution in [0.3, 0.4) is 0 Å². The van der Waals surface area contributed by atoms with E-state index in [1.54, 1.807) is 25.5 Å². The lowest BCUT2D eigenvalue weighted by atomic mass is 10.2. The van der Waals surface area contributed by atoms with Crippen molar-refractivity contribution in [2.24, 2.45) is 0 Å². The van der Waals surface area contributed by atoms with Gasteiger partial charge >= 0.3 is 0 Å². The fraction of sp³-hybridized carbons (Fsp3) is 0.214. The van der Waals surface area contributed by atoms with Gasteiger partial charge in [-0.3, -0.25) is 14.8 Å². The van der Waals surface area contributed by atoms with Crippen LogP contribution < -0.4 is 10.6 Å². The van der Waals surface area contributed by atoms with Crippen LogP contribution >= 0.6 is 0 Å². The molecule has 2 N–H and O–H groups in total. The van der Waals surface area contributed by atoms with Gasteiger partial charge in [-0.25, -0.2) is 0 Å². The molecule has 0 unspecified atom stereocenters. The Morgan fingerprint density at radius 2 is 1.95 bits per heavy atom. The molecular weight excluding hydrogens is 240 g/mol. The van der Waals surface area contributed by atoms with Gasteiger partial charge in [-0.05, 0) is 32.0 Å². The average Bonchev–Trinajstić information content (AvgIpc) is 2.41. The molecule has 0 fully saturated rings. The van der Waals surface area contributed by atoms with E-state index in [4.69, 9.17) is 0 Å². The third-order valence-electron chi connectivity index (χ3n) is 2.81. The lowest BCUT2D eigenvalue weighted by Crippen LogP contribution is -2.15. The fourth-order valence-corrected chi connectivity index (χ4v) is 1.80. The number of carbonyl (C=O) groups excluding carboxylic acids is 1. The van der Waals surface area contributed by atoms with Crippen molar-refractivity contribution in [3.63, 3.8) is 0 Å². The summed E-state index contributed by atoms with van der Waals surface area (Å²) in [5, 5.41) is 5.81. The maximum atomic E-state index is 12.2. The lowest BCUT2D eigenvalue weighted by molar-refractivity contribution is 0.102. The van der Waals surface area contributed by atoms with E-state index in [2.05, 4.69) is 20.6 Å². The Morgan fingerprint density at radius 3 is 2.63 bits per heavy atom. The van der Waals surface area contributed by atoms with Gasteiger partial charge in [0, 0.05) is 18.9 Å². The van der Waals surface area contributed by atoms with E-state index >= 15 is 0 Å². The van der Waals surface area contributed by atoms with Crippen molar-refractivity contribution in [1.82, 2.24) is 9.97 Å². The molecule has 0 aromatic carbocycles. The number of aryl methyl sites for hydroxylation is 2. The minimum atomic E-state index is -0.180. The summed E-state index contributed by atoms with van der Waals surface area (Å²) in [4.78, 5) is 20.5. The van der Waals surface area contributed by atoms with Crippen molar-refractivity contribution >= 4 is 17.3 Å². The van der Waals surface area contributed by atoms with Crippen molar-refractivity contribution in [3.8, 4) is 0 Å². The fourth-order valence-electron chi connectivity index (χ4n) is 1.80. The summed E-state index contributed by atoms with van der Waals surface area (Å²) in [7, 11) is 1.76. The molecule has 0 saturated carbocycles. The van der Waals surface area contributed by atoms with E-state index in [9.17, 15) is 4.79 Å². The van der Waals surface area contributed by atoms with Gasteiger partial charge in [0.2, 0.25) is 0 Å². The molecule has 0 aliphatic rings. The van der Waals surface area contributed by atoms with Gasteiger partial charge in [0.1, 0.15) is 0 Å². The number of pyridine rings is 2. The van der Waals surface area contributed by atoms with E-state index in [1.807, 2.05) is 26.0 Å². The molecule has 0 saturated heterocycles. The molecule has 0 atom stereocenters. The highest BCUT2D eigenvalue weighted by molar-refractivity contribution is 6.08. The molecule has 2 heterocycles. The van der Waals surface area contributed by atoms with Crippen molar-refractivity contribution < 1.29 is 4.79 Å². The van der Waals surface area contributed by atoms with Gasteiger partial charge in [-0.1, -0.05) is 0 Å². The predicted octanol–water partition coefficient (Wildman–Crippen LogP) is 2.39. The SMILES string of the molecule is CNc1cnccc1C(=O)Nc1ccc(C)nc1C. The van der Waals surface area contributed by atoms with Crippen LogP contribution in [0.2, 0.25) is 0 Å². The van der Waals surface area contributed by atoms with Crippen LogP contribution in [0.1, 0.15) is 21.7 Å². The average molecular weight is 256 g/mol. The zero-order valence-electron chi connectivity index (χ0n) is 11.2. The van der Waals surface area contributed by atoms with Crippen LogP contribution in [-0.4, -0.2) is 22.9 Å². The monoisotopic (exact) mass is 256 g/mol. The van der Waals surface area contributed by atoms with Gasteiger partial charge in [0.25, 0.3) is 5.91 Å². The highest BCUT2D eigenvalue weighted by Gasteiger charge is 2.12. The van der Waals surface area contributed by atoms with E-state index in [-0.39, 0.29) is 5.91 Å². The zero-order valence-corrected chi connectivity index (χ0v) is 11.2. The molecule has 0 radical (unpaired) electrons. The topological polar surface area (TPSA) is 66.9 Å². The van der Waals surface area contributed by atoms with Crippen LogP contribution in [0, 0.1) is 13.8 Å². The first kappa shape index (κ1) is 13.0. The zero-order chi connectivity index (χ0) is 13.8. The summed E-state index contributed by atoms with van der Waals surface area (Å²) in [6.45, 7) is 3.79. The first-order valence-corrected chi connectivity index (χ1v) is 5.99. The van der Waals surface area contributed by atoms with Crippen LogP contribution in [0.4, 0.5) is 11.4 Å². The molecule has 0 aliphatic carbocycles. The molecule has 98 valence electrons. The smallest absolute Gasteiger partial charge is 0.257 e. The van der Waals surface area contributed by atoms with Crippen molar-refractivity contribution in [1.29, 1.82) is 0 Å². The summed E-state index contributed by atoms with van der Waals surface area (Å²) < 4.78 is 0. The van der Waals surface area contributed by atoms with Gasteiger partial charge in [-0.2, -0.15) is 0 Å². The third-order valence-corrected chi connectivity index (χ3v) is 2.81. The summed E-state index contributed by atoms with van der Waals surface area (Å²) in [5.41, 5.74) is 3.69. The van der Waals surface area contributed by atoms with Crippen LogP contribution in [0.25, 0.3) is 0 Å². The normalized spacial score (nSPS) is 10.1. The summed E-state index contributed by atoms with van der Waals surface area (Å²) in [5.74, 6) is -0.180. The first-order valence-electron chi connectivity index (χ1n) is 5.99. The Labute approximate surface area is 112 Å². The maximum absolute atomic E-state index is 12.2. The Morgan fingerprint density at radius 1 is 1.16 bits per heavy atom. The number of hydrogen-bond acceptors (Lipinski definition) is 4. The van der Waals surface area contributed by atoms with E-state index in [0.29, 0.717) is 11.3 Å². The molecule has 2 aromatic heterocycles. The molecule has 2 aromatic rings. The van der Waals surface area contributed by atoms with Gasteiger partial charge in [0.05, 0.1) is 28.8 Å². The minimum Gasteiger partial charge on any atom is -0.386 e. The Balaban J connectivity index is 2.26. The van der Waals surface area contributed by atoms with Gasteiger partial charge in [-0.15, -0.1) is 0 Å². The van der Waals surface area contributed by atoms with E-state index in [1.165, 1.54) is 0 Å². The molecule has 0 aliphatic heterocycles. The maximum Gasteiger partial charge on any atom is 0.257 e. The number of carbonyl (C=O) groups is 1. The van der Waals surface area contributed by atoms with Gasteiger partial charge in [0.15, 0.2) is 0 Å². The molecule has 0 bridgehead atoms. The lowest BCUT2D eigenvalue weighted by Gasteiger charge is -2.11. The second kappa shape index (κ2) is 5.48. The Bertz CT molecular complexity index is 610. The number of aromatic nitrogens is 2. The third kappa shape index (κ3) is 2.88. The largest absolute Gasteiger partial charge is 0.386 e. The highest BCUT2D eigenvalue weighted by atomic mass is 16.1. The molecular formula is C14H16N4O. The summed E-state index contributed by atoms with van der Waals surface area (Å²) in [6.07, 6.45) is 3.21. The van der Waals surface area contributed by atoms with Crippen LogP contribution in [-0.2, 0) is 0 Å². The Hall–Kier alpha value is -2.43. The highest BCUT2D eigenvalue weighted by Crippen LogP contribution is 2.17. The molecule has 0 spiro atoms. The van der Waals surface area contributed by atoms with Crippen molar-refractivity contribution in [3.05, 3.63) is 47.5 Å².